The first-order valence-electron chi connectivity index (χ1n) is 7.58. The molecule has 0 unspecified atom stereocenters. The normalized spacial score (nSPS) is 24.6. The Bertz CT molecular complexity index is 830. The summed E-state index contributed by atoms with van der Waals surface area (Å²) in [5.74, 6) is 0.229. The van der Waals surface area contributed by atoms with Crippen LogP contribution < -0.4 is 4.90 Å². The van der Waals surface area contributed by atoms with Crippen LogP contribution in [0.2, 0.25) is 0 Å². The van der Waals surface area contributed by atoms with Crippen LogP contribution in [-0.4, -0.2) is 17.4 Å². The number of halogens is 1. The minimum Gasteiger partial charge on any atom is -0.310 e. The van der Waals surface area contributed by atoms with Crippen LogP contribution in [0.3, 0.4) is 0 Å². The summed E-state index contributed by atoms with van der Waals surface area (Å²) in [5.41, 5.74) is 2.47. The molecule has 23 heavy (non-hydrogen) atoms. The van der Waals surface area contributed by atoms with Crippen molar-refractivity contribution in [3.8, 4) is 6.07 Å². The second kappa shape index (κ2) is 5.17. The van der Waals surface area contributed by atoms with E-state index in [0.717, 1.165) is 27.8 Å². The summed E-state index contributed by atoms with van der Waals surface area (Å²) < 4.78 is 0.970. The highest BCUT2D eigenvalue weighted by molar-refractivity contribution is 9.10. The molecule has 0 radical (unpaired) electrons. The molecule has 1 saturated carbocycles. The molecule has 4 rings (SSSR count). The Morgan fingerprint density at radius 1 is 1.39 bits per heavy atom. The quantitative estimate of drug-likeness (QED) is 0.833. The highest BCUT2D eigenvalue weighted by Crippen LogP contribution is 2.66. The minimum absolute atomic E-state index is 0.108. The van der Waals surface area contributed by atoms with Crippen LogP contribution in [0.15, 0.2) is 47.1 Å². The molecule has 0 saturated heterocycles. The van der Waals surface area contributed by atoms with E-state index in [1.54, 1.807) is 11.1 Å². The molecule has 0 bridgehead atoms. The molecule has 1 aromatic heterocycles. The van der Waals surface area contributed by atoms with Gasteiger partial charge in [0.15, 0.2) is 0 Å². The summed E-state index contributed by atoms with van der Waals surface area (Å²) in [7, 11) is 0. The van der Waals surface area contributed by atoms with Gasteiger partial charge < -0.3 is 4.90 Å². The Morgan fingerprint density at radius 3 is 3.00 bits per heavy atom. The van der Waals surface area contributed by atoms with E-state index in [1.165, 1.54) is 0 Å². The maximum absolute atomic E-state index is 13.1. The lowest BCUT2D eigenvalue weighted by Gasteiger charge is -2.16. The Morgan fingerprint density at radius 2 is 2.26 bits per heavy atom. The zero-order chi connectivity index (χ0) is 16.0. The largest absolute Gasteiger partial charge is 0.310 e. The summed E-state index contributed by atoms with van der Waals surface area (Å²) in [5, 5.41) is 8.88. The number of nitriles is 1. The van der Waals surface area contributed by atoms with E-state index in [9.17, 15) is 4.79 Å². The molecule has 2 heterocycles. The van der Waals surface area contributed by atoms with Gasteiger partial charge in [-0.2, -0.15) is 5.26 Å². The molecule has 114 valence electrons. The smallest absolute Gasteiger partial charge is 0.238 e. The van der Waals surface area contributed by atoms with Crippen molar-refractivity contribution in [3.63, 3.8) is 0 Å². The number of nitrogens with zero attached hydrogens (tertiary/aromatic N) is 3. The van der Waals surface area contributed by atoms with Gasteiger partial charge in [0, 0.05) is 34.5 Å². The fraction of sp³-hybridized carbons (Fsp3) is 0.278. The molecule has 2 aliphatic rings. The molecule has 1 aliphatic carbocycles. The van der Waals surface area contributed by atoms with Crippen molar-refractivity contribution in [2.75, 3.05) is 11.4 Å². The number of benzene rings is 1. The third kappa shape index (κ3) is 2.02. The van der Waals surface area contributed by atoms with Gasteiger partial charge in [-0.05, 0) is 42.3 Å². The van der Waals surface area contributed by atoms with E-state index in [2.05, 4.69) is 27.0 Å². The van der Waals surface area contributed by atoms with Gasteiger partial charge in [-0.3, -0.25) is 9.78 Å². The first kappa shape index (κ1) is 14.4. The van der Waals surface area contributed by atoms with Gasteiger partial charge in [0.05, 0.1) is 17.9 Å². The van der Waals surface area contributed by atoms with Crippen LogP contribution in [0.4, 0.5) is 5.69 Å². The number of aromatic nitrogens is 1. The lowest BCUT2D eigenvalue weighted by atomic mass is 9.93. The first-order chi connectivity index (χ1) is 11.2. The van der Waals surface area contributed by atoms with E-state index in [0.29, 0.717) is 13.0 Å². The lowest BCUT2D eigenvalue weighted by molar-refractivity contribution is -0.120. The van der Waals surface area contributed by atoms with Gasteiger partial charge >= 0.3 is 0 Å². The van der Waals surface area contributed by atoms with Crippen LogP contribution in [0, 0.1) is 11.3 Å². The fourth-order valence-corrected chi connectivity index (χ4v) is 4.05. The van der Waals surface area contributed by atoms with Crippen molar-refractivity contribution in [2.45, 2.75) is 24.2 Å². The second-order valence-electron chi connectivity index (χ2n) is 6.01. The van der Waals surface area contributed by atoms with Crippen molar-refractivity contribution in [2.24, 2.45) is 0 Å². The maximum Gasteiger partial charge on any atom is 0.238 e. The number of pyridine rings is 1. The van der Waals surface area contributed by atoms with Crippen LogP contribution in [0.1, 0.15) is 30.0 Å². The van der Waals surface area contributed by atoms with Crippen molar-refractivity contribution in [3.05, 3.63) is 58.3 Å². The Balaban J connectivity index is 1.79. The van der Waals surface area contributed by atoms with Crippen LogP contribution in [0.5, 0.6) is 0 Å². The number of hydrogen-bond acceptors (Lipinski definition) is 3. The van der Waals surface area contributed by atoms with Crippen molar-refractivity contribution in [1.82, 2.24) is 4.98 Å². The predicted octanol–water partition coefficient (Wildman–Crippen LogP) is 3.53. The molecule has 1 fully saturated rings. The molecule has 1 spiro atoms. The van der Waals surface area contributed by atoms with Crippen LogP contribution in [-0.2, 0) is 10.2 Å². The van der Waals surface area contributed by atoms with Gasteiger partial charge in [0.25, 0.3) is 0 Å². The van der Waals surface area contributed by atoms with E-state index < -0.39 is 5.41 Å². The molecule has 4 nitrogen and oxygen atoms in total. The molecule has 2 atom stereocenters. The average Bonchev–Trinajstić information content (AvgIpc) is 3.28. The number of fused-ring (bicyclic) bond motifs is 2. The molecule has 1 aliphatic heterocycles. The van der Waals surface area contributed by atoms with Crippen LogP contribution in [0.25, 0.3) is 0 Å². The molecule has 1 amide bonds. The van der Waals surface area contributed by atoms with Gasteiger partial charge in [0.1, 0.15) is 0 Å². The number of anilines is 1. The summed E-state index contributed by atoms with van der Waals surface area (Å²) in [6.07, 6.45) is 2.90. The van der Waals surface area contributed by atoms with Crippen molar-refractivity contribution < 1.29 is 4.79 Å². The number of carbonyl (C=O) groups is 1. The minimum atomic E-state index is -0.497. The fourth-order valence-electron chi connectivity index (χ4n) is 3.69. The van der Waals surface area contributed by atoms with Gasteiger partial charge in [-0.15, -0.1) is 0 Å². The third-order valence-corrected chi connectivity index (χ3v) is 5.30. The number of carbonyl (C=O) groups excluding carboxylic acids is 1. The van der Waals surface area contributed by atoms with Crippen LogP contribution >= 0.6 is 15.9 Å². The van der Waals surface area contributed by atoms with Gasteiger partial charge in [-0.25, -0.2) is 0 Å². The molecular formula is C18H14BrN3O. The molecule has 2 aromatic rings. The highest BCUT2D eigenvalue weighted by atomic mass is 79.9. The van der Waals surface area contributed by atoms with Crippen molar-refractivity contribution >= 4 is 27.5 Å². The highest BCUT2D eigenvalue weighted by Gasteiger charge is 2.67. The van der Waals surface area contributed by atoms with Crippen molar-refractivity contribution in [1.29, 1.82) is 5.26 Å². The van der Waals surface area contributed by atoms with Gasteiger partial charge in [0.2, 0.25) is 5.91 Å². The summed E-state index contributed by atoms with van der Waals surface area (Å²) in [6, 6.07) is 13.9. The molecule has 0 N–H and O–H groups in total. The van der Waals surface area contributed by atoms with E-state index >= 15 is 0 Å². The third-order valence-electron chi connectivity index (χ3n) is 4.81. The first-order valence-corrected chi connectivity index (χ1v) is 8.37. The van der Waals surface area contributed by atoms with E-state index in [1.807, 2.05) is 36.4 Å². The zero-order valence-electron chi connectivity index (χ0n) is 12.4. The Kier molecular flexibility index (Phi) is 3.24. The summed E-state index contributed by atoms with van der Waals surface area (Å²) in [4.78, 5) is 19.3. The summed E-state index contributed by atoms with van der Waals surface area (Å²) >= 11 is 3.52. The monoisotopic (exact) mass is 367 g/mol. The number of amides is 1. The SMILES string of the molecule is N#CCCN1C(=O)[C@@]2(C[C@H]2c2ccccn2)c2cc(Br)ccc21. The standard InChI is InChI=1S/C18H14BrN3O/c19-12-5-6-16-13(10-12)18(17(23)22(16)9-3-7-20)11-14(18)15-4-1-2-8-21-15/h1-2,4-6,8,10,14H,3,9,11H2/t14-,18-/m0/s1. The average molecular weight is 368 g/mol. The lowest BCUT2D eigenvalue weighted by Crippen LogP contribution is -2.33. The Hall–Kier alpha value is -2.19. The topological polar surface area (TPSA) is 57.0 Å². The molecule has 1 aromatic carbocycles. The Labute approximate surface area is 142 Å². The molecular weight excluding hydrogens is 354 g/mol. The number of hydrogen-bond donors (Lipinski definition) is 0. The van der Waals surface area contributed by atoms with Gasteiger partial charge in [-0.1, -0.05) is 22.0 Å². The van der Waals surface area contributed by atoms with E-state index in [-0.39, 0.29) is 11.8 Å². The predicted molar refractivity (Wildman–Crippen MR) is 90.0 cm³/mol. The summed E-state index contributed by atoms with van der Waals surface area (Å²) in [6.45, 7) is 0.445. The number of rotatable bonds is 3. The maximum atomic E-state index is 13.1. The second-order valence-corrected chi connectivity index (χ2v) is 6.92. The molecule has 5 heteroatoms. The van der Waals surface area contributed by atoms with E-state index in [4.69, 9.17) is 5.26 Å². The zero-order valence-corrected chi connectivity index (χ0v) is 14.0.